The van der Waals surface area contributed by atoms with Crippen molar-refractivity contribution in [1.82, 2.24) is 0 Å². The maximum Gasteiger partial charge on any atom is 0.354 e. The number of benzene rings is 1. The third-order valence-electron chi connectivity index (χ3n) is 2.29. The molecular weight excluding hydrogens is 216 g/mol. The van der Waals surface area contributed by atoms with Crippen LogP contribution in [0.5, 0.6) is 0 Å². The van der Waals surface area contributed by atoms with E-state index in [1.54, 1.807) is 13.8 Å². The summed E-state index contributed by atoms with van der Waals surface area (Å²) in [5.74, 6) is -0.398. The minimum Gasteiger partial charge on any atom is -0.461 e. The van der Waals surface area contributed by atoms with E-state index in [1.165, 1.54) is 5.56 Å². The first-order valence-electron chi connectivity index (χ1n) is 5.73. The van der Waals surface area contributed by atoms with Gasteiger partial charge in [-0.2, -0.15) is 5.10 Å². The Hall–Kier alpha value is -1.84. The van der Waals surface area contributed by atoms with Crippen LogP contribution in [0.4, 0.5) is 5.69 Å². The van der Waals surface area contributed by atoms with Crippen LogP contribution in [0.25, 0.3) is 0 Å². The molecule has 0 spiro atoms. The standard InChI is InChI=1S/C13H18N2O2/c1-4-11-6-8-12(9-7-11)15-14-10(3)13(16)17-5-2/h6-9,15H,4-5H2,1-3H3/b14-10-. The number of anilines is 1. The zero-order valence-corrected chi connectivity index (χ0v) is 10.5. The van der Waals surface area contributed by atoms with Gasteiger partial charge in [0.25, 0.3) is 0 Å². The molecule has 0 aliphatic carbocycles. The smallest absolute Gasteiger partial charge is 0.354 e. The van der Waals surface area contributed by atoms with Crippen molar-refractivity contribution in [2.24, 2.45) is 5.10 Å². The minimum atomic E-state index is -0.398. The summed E-state index contributed by atoms with van der Waals surface area (Å²) in [6.45, 7) is 5.84. The second-order valence-corrected chi connectivity index (χ2v) is 3.58. The van der Waals surface area contributed by atoms with Gasteiger partial charge in [0.2, 0.25) is 0 Å². The Bertz CT molecular complexity index is 396. The number of nitrogens with zero attached hydrogens (tertiary/aromatic N) is 1. The molecule has 1 aromatic carbocycles. The first-order chi connectivity index (χ1) is 8.17. The fourth-order valence-electron chi connectivity index (χ4n) is 1.24. The summed E-state index contributed by atoms with van der Waals surface area (Å²) >= 11 is 0. The molecule has 92 valence electrons. The largest absolute Gasteiger partial charge is 0.461 e. The quantitative estimate of drug-likeness (QED) is 0.484. The van der Waals surface area contributed by atoms with E-state index in [9.17, 15) is 4.79 Å². The fourth-order valence-corrected chi connectivity index (χ4v) is 1.24. The number of rotatable bonds is 5. The Balaban J connectivity index is 2.59. The van der Waals surface area contributed by atoms with Crippen molar-refractivity contribution in [3.63, 3.8) is 0 Å². The molecule has 0 heterocycles. The number of hydrogen-bond donors (Lipinski definition) is 1. The fraction of sp³-hybridized carbons (Fsp3) is 0.385. The number of carbonyl (C=O) groups excluding carboxylic acids is 1. The highest BCUT2D eigenvalue weighted by molar-refractivity contribution is 6.35. The number of ether oxygens (including phenoxy) is 1. The van der Waals surface area contributed by atoms with E-state index in [-0.39, 0.29) is 0 Å². The molecule has 0 saturated heterocycles. The van der Waals surface area contributed by atoms with Crippen LogP contribution in [0.3, 0.4) is 0 Å². The molecular formula is C13H18N2O2. The molecule has 0 aromatic heterocycles. The zero-order valence-electron chi connectivity index (χ0n) is 10.5. The highest BCUT2D eigenvalue weighted by Gasteiger charge is 2.05. The van der Waals surface area contributed by atoms with Gasteiger partial charge in [-0.25, -0.2) is 4.79 Å². The predicted octanol–water partition coefficient (Wildman–Crippen LogP) is 2.60. The first kappa shape index (κ1) is 13.2. The van der Waals surface area contributed by atoms with Crippen LogP contribution in [-0.4, -0.2) is 18.3 Å². The summed E-state index contributed by atoms with van der Waals surface area (Å²) in [6.07, 6.45) is 1.01. The maximum atomic E-state index is 11.3. The second kappa shape index (κ2) is 6.68. The van der Waals surface area contributed by atoms with E-state index < -0.39 is 5.97 Å². The predicted molar refractivity (Wildman–Crippen MR) is 69.2 cm³/mol. The number of aryl methyl sites for hydroxylation is 1. The van der Waals surface area contributed by atoms with E-state index in [4.69, 9.17) is 4.74 Å². The Labute approximate surface area is 102 Å². The van der Waals surface area contributed by atoms with Crippen molar-refractivity contribution in [2.75, 3.05) is 12.0 Å². The molecule has 1 N–H and O–H groups in total. The van der Waals surface area contributed by atoms with Gasteiger partial charge in [0.1, 0.15) is 5.71 Å². The van der Waals surface area contributed by atoms with Gasteiger partial charge in [-0.05, 0) is 38.0 Å². The summed E-state index contributed by atoms with van der Waals surface area (Å²) in [6, 6.07) is 7.91. The minimum absolute atomic E-state index is 0.311. The summed E-state index contributed by atoms with van der Waals surface area (Å²) in [5, 5.41) is 3.96. The number of hydrogen-bond acceptors (Lipinski definition) is 4. The molecule has 4 nitrogen and oxygen atoms in total. The highest BCUT2D eigenvalue weighted by Crippen LogP contribution is 2.09. The van der Waals surface area contributed by atoms with Gasteiger partial charge < -0.3 is 4.74 Å². The molecule has 0 aliphatic heterocycles. The average molecular weight is 234 g/mol. The van der Waals surface area contributed by atoms with Crippen molar-refractivity contribution in [3.8, 4) is 0 Å². The molecule has 0 aliphatic rings. The average Bonchev–Trinajstić information content (AvgIpc) is 2.36. The van der Waals surface area contributed by atoms with E-state index in [0.29, 0.717) is 12.3 Å². The van der Waals surface area contributed by atoms with Gasteiger partial charge in [0, 0.05) is 0 Å². The van der Waals surface area contributed by atoms with Gasteiger partial charge in [0.15, 0.2) is 0 Å². The van der Waals surface area contributed by atoms with Gasteiger partial charge in [0.05, 0.1) is 12.3 Å². The van der Waals surface area contributed by atoms with Crippen molar-refractivity contribution < 1.29 is 9.53 Å². The summed E-state index contributed by atoms with van der Waals surface area (Å²) in [4.78, 5) is 11.3. The van der Waals surface area contributed by atoms with Gasteiger partial charge in [-0.1, -0.05) is 19.1 Å². The van der Waals surface area contributed by atoms with E-state index in [0.717, 1.165) is 12.1 Å². The van der Waals surface area contributed by atoms with Crippen molar-refractivity contribution in [3.05, 3.63) is 29.8 Å². The second-order valence-electron chi connectivity index (χ2n) is 3.58. The van der Waals surface area contributed by atoms with Crippen molar-refractivity contribution in [1.29, 1.82) is 0 Å². The molecule has 0 amide bonds. The van der Waals surface area contributed by atoms with Crippen LogP contribution >= 0.6 is 0 Å². The topological polar surface area (TPSA) is 50.7 Å². The molecule has 1 aromatic rings. The molecule has 1 rings (SSSR count). The van der Waals surface area contributed by atoms with Crippen LogP contribution in [0, 0.1) is 0 Å². The normalized spacial score (nSPS) is 11.1. The Kier molecular flexibility index (Phi) is 5.20. The number of nitrogens with one attached hydrogen (secondary N) is 1. The number of hydrazone groups is 1. The van der Waals surface area contributed by atoms with E-state index >= 15 is 0 Å². The molecule has 0 fully saturated rings. The van der Waals surface area contributed by atoms with Crippen molar-refractivity contribution in [2.45, 2.75) is 27.2 Å². The van der Waals surface area contributed by atoms with Crippen LogP contribution in [0.15, 0.2) is 29.4 Å². The van der Waals surface area contributed by atoms with E-state index in [2.05, 4.69) is 17.5 Å². The lowest BCUT2D eigenvalue weighted by atomic mass is 10.2. The molecule has 0 bridgehead atoms. The van der Waals surface area contributed by atoms with Crippen molar-refractivity contribution >= 4 is 17.4 Å². The Morgan fingerprint density at radius 3 is 2.47 bits per heavy atom. The zero-order chi connectivity index (χ0) is 12.7. The number of esters is 1. The molecule has 17 heavy (non-hydrogen) atoms. The molecule has 0 radical (unpaired) electrons. The van der Waals surface area contributed by atoms with Gasteiger partial charge >= 0.3 is 5.97 Å². The van der Waals surface area contributed by atoms with Crippen LogP contribution in [-0.2, 0) is 16.0 Å². The van der Waals surface area contributed by atoms with Gasteiger partial charge in [-0.15, -0.1) is 0 Å². The van der Waals surface area contributed by atoms with Crippen LogP contribution in [0.2, 0.25) is 0 Å². The summed E-state index contributed by atoms with van der Waals surface area (Å²) < 4.78 is 4.82. The van der Waals surface area contributed by atoms with Crippen LogP contribution in [0.1, 0.15) is 26.3 Å². The molecule has 4 heteroatoms. The Morgan fingerprint density at radius 2 is 1.94 bits per heavy atom. The summed E-state index contributed by atoms with van der Waals surface area (Å²) in [7, 11) is 0. The van der Waals surface area contributed by atoms with Gasteiger partial charge in [-0.3, -0.25) is 5.43 Å². The maximum absolute atomic E-state index is 11.3. The molecule has 0 unspecified atom stereocenters. The third kappa shape index (κ3) is 4.26. The highest BCUT2D eigenvalue weighted by atomic mass is 16.5. The summed E-state index contributed by atoms with van der Waals surface area (Å²) in [5.41, 5.74) is 5.25. The SMILES string of the molecule is CCOC(=O)/C(C)=N\Nc1ccc(CC)cc1. The first-order valence-corrected chi connectivity index (χ1v) is 5.73. The van der Waals surface area contributed by atoms with E-state index in [1.807, 2.05) is 24.3 Å². The monoisotopic (exact) mass is 234 g/mol. The van der Waals surface area contributed by atoms with Crippen LogP contribution < -0.4 is 5.43 Å². The number of carbonyl (C=O) groups is 1. The lowest BCUT2D eigenvalue weighted by Gasteiger charge is -2.04. The lowest BCUT2D eigenvalue weighted by molar-refractivity contribution is -0.135. The molecule has 0 atom stereocenters. The molecule has 0 saturated carbocycles. The third-order valence-corrected chi connectivity index (χ3v) is 2.29. The Morgan fingerprint density at radius 1 is 1.29 bits per heavy atom. The lowest BCUT2D eigenvalue weighted by Crippen LogP contribution is -2.15.